The van der Waals surface area contributed by atoms with E-state index in [1.807, 2.05) is 26.0 Å². The molecule has 1 aromatic carbocycles. The van der Waals surface area contributed by atoms with Crippen LogP contribution in [0.5, 0.6) is 5.75 Å². The van der Waals surface area contributed by atoms with Gasteiger partial charge in [-0.1, -0.05) is 33.1 Å². The number of phenolic OH excluding ortho intramolecular Hbond substituents is 1. The summed E-state index contributed by atoms with van der Waals surface area (Å²) in [5.74, 6) is 1.63. The van der Waals surface area contributed by atoms with Gasteiger partial charge in [0.15, 0.2) is 5.82 Å². The maximum Gasteiger partial charge on any atom is 0.225 e. The molecule has 0 spiro atoms. The third-order valence-electron chi connectivity index (χ3n) is 5.81. The lowest BCUT2D eigenvalue weighted by atomic mass is 9.85. The van der Waals surface area contributed by atoms with E-state index in [9.17, 15) is 9.90 Å². The molecule has 2 aliphatic rings. The van der Waals surface area contributed by atoms with Gasteiger partial charge in [0.25, 0.3) is 0 Å². The van der Waals surface area contributed by atoms with Crippen LogP contribution in [-0.4, -0.2) is 21.0 Å². The molecule has 1 saturated carbocycles. The van der Waals surface area contributed by atoms with Crippen molar-refractivity contribution < 1.29 is 9.90 Å². The van der Waals surface area contributed by atoms with E-state index in [0.29, 0.717) is 29.8 Å². The highest BCUT2D eigenvalue weighted by molar-refractivity contribution is 5.90. The third kappa shape index (κ3) is 3.89. The van der Waals surface area contributed by atoms with Gasteiger partial charge in [0, 0.05) is 17.9 Å². The zero-order valence-electron chi connectivity index (χ0n) is 16.8. The molecule has 0 bridgehead atoms. The van der Waals surface area contributed by atoms with Crippen LogP contribution in [0.3, 0.4) is 0 Å². The lowest BCUT2D eigenvalue weighted by Crippen LogP contribution is -2.21. The predicted octanol–water partition coefficient (Wildman–Crippen LogP) is 4.98. The second-order valence-electron chi connectivity index (χ2n) is 8.58. The van der Waals surface area contributed by atoms with Gasteiger partial charge >= 0.3 is 0 Å². The SMILES string of the molecule is CC(C)CC(=O)Nc1nc2c(nc1C1CCCCC1)-c1ccc(O)cc1CC2. The first-order chi connectivity index (χ1) is 13.5. The number of benzene rings is 1. The Balaban J connectivity index is 1.76. The molecule has 0 atom stereocenters. The molecule has 0 saturated heterocycles. The quantitative estimate of drug-likeness (QED) is 0.785. The molecular formula is C23H29N3O2. The van der Waals surface area contributed by atoms with Gasteiger partial charge in [0.2, 0.25) is 5.91 Å². The second-order valence-corrected chi connectivity index (χ2v) is 8.58. The monoisotopic (exact) mass is 379 g/mol. The lowest BCUT2D eigenvalue weighted by molar-refractivity contribution is -0.116. The minimum absolute atomic E-state index is 0.0161. The number of anilines is 1. The Kier molecular flexibility index (Phi) is 5.33. The first kappa shape index (κ1) is 18.9. The van der Waals surface area contributed by atoms with Crippen molar-refractivity contribution in [2.45, 2.75) is 71.1 Å². The fourth-order valence-corrected chi connectivity index (χ4v) is 4.45. The van der Waals surface area contributed by atoms with Gasteiger partial charge in [0.1, 0.15) is 5.75 Å². The predicted molar refractivity (Wildman–Crippen MR) is 110 cm³/mol. The number of carbonyl (C=O) groups is 1. The molecule has 5 heteroatoms. The average molecular weight is 380 g/mol. The molecule has 2 aliphatic carbocycles. The van der Waals surface area contributed by atoms with Crippen LogP contribution in [-0.2, 0) is 17.6 Å². The number of nitrogens with zero attached hydrogens (tertiary/aromatic N) is 2. The number of fused-ring (bicyclic) bond motifs is 3. The molecule has 4 rings (SSSR count). The summed E-state index contributed by atoms with van der Waals surface area (Å²) >= 11 is 0. The van der Waals surface area contributed by atoms with Crippen LogP contribution >= 0.6 is 0 Å². The highest BCUT2D eigenvalue weighted by Gasteiger charge is 2.27. The van der Waals surface area contributed by atoms with Gasteiger partial charge in [-0.05, 0) is 55.4 Å². The summed E-state index contributed by atoms with van der Waals surface area (Å²) in [6.07, 6.45) is 7.97. The van der Waals surface area contributed by atoms with E-state index in [1.165, 1.54) is 19.3 Å². The first-order valence-corrected chi connectivity index (χ1v) is 10.5. The fourth-order valence-electron chi connectivity index (χ4n) is 4.45. The smallest absolute Gasteiger partial charge is 0.225 e. The third-order valence-corrected chi connectivity index (χ3v) is 5.81. The van der Waals surface area contributed by atoms with E-state index in [2.05, 4.69) is 5.32 Å². The Morgan fingerprint density at radius 1 is 1.18 bits per heavy atom. The molecule has 1 fully saturated rings. The first-order valence-electron chi connectivity index (χ1n) is 10.5. The number of aromatic hydroxyl groups is 1. The van der Waals surface area contributed by atoms with Gasteiger partial charge in [-0.15, -0.1) is 0 Å². The Labute approximate surface area is 166 Å². The molecule has 0 radical (unpaired) electrons. The number of hydrogen-bond donors (Lipinski definition) is 2. The van der Waals surface area contributed by atoms with Crippen molar-refractivity contribution in [2.75, 3.05) is 5.32 Å². The largest absolute Gasteiger partial charge is 0.508 e. The number of amides is 1. The van der Waals surface area contributed by atoms with E-state index >= 15 is 0 Å². The van der Waals surface area contributed by atoms with Crippen molar-refractivity contribution in [2.24, 2.45) is 5.92 Å². The van der Waals surface area contributed by atoms with Gasteiger partial charge in [-0.3, -0.25) is 4.79 Å². The number of nitrogens with one attached hydrogen (secondary N) is 1. The number of carbonyl (C=O) groups excluding carboxylic acids is 1. The van der Waals surface area contributed by atoms with Crippen molar-refractivity contribution in [3.05, 3.63) is 35.2 Å². The molecular weight excluding hydrogens is 350 g/mol. The van der Waals surface area contributed by atoms with Crippen molar-refractivity contribution in [1.82, 2.24) is 9.97 Å². The van der Waals surface area contributed by atoms with Crippen LogP contribution in [0.1, 0.15) is 75.2 Å². The Hall–Kier alpha value is -2.43. The molecule has 148 valence electrons. The molecule has 1 heterocycles. The van der Waals surface area contributed by atoms with E-state index in [4.69, 9.17) is 9.97 Å². The Bertz CT molecular complexity index is 886. The standard InChI is InChI=1S/C23H29N3O2/c1-14(2)12-20(28)25-23-21(15-6-4-3-5-7-15)26-22-18-10-9-17(27)13-16(18)8-11-19(22)24-23/h9-10,13-15,27H,3-8,11-12H2,1-2H3,(H,24,25,28). The number of rotatable bonds is 4. The number of aryl methyl sites for hydroxylation is 2. The minimum Gasteiger partial charge on any atom is -0.508 e. The Morgan fingerprint density at radius 2 is 1.96 bits per heavy atom. The van der Waals surface area contributed by atoms with Crippen molar-refractivity contribution in [3.63, 3.8) is 0 Å². The number of phenols is 1. The maximum absolute atomic E-state index is 12.5. The molecule has 0 unspecified atom stereocenters. The summed E-state index contributed by atoms with van der Waals surface area (Å²) < 4.78 is 0. The zero-order valence-corrected chi connectivity index (χ0v) is 16.8. The van der Waals surface area contributed by atoms with Crippen LogP contribution in [0.25, 0.3) is 11.3 Å². The van der Waals surface area contributed by atoms with E-state index in [1.54, 1.807) is 6.07 Å². The maximum atomic E-state index is 12.5. The highest BCUT2D eigenvalue weighted by Crippen LogP contribution is 2.39. The van der Waals surface area contributed by atoms with Crippen LogP contribution in [0.15, 0.2) is 18.2 Å². The van der Waals surface area contributed by atoms with E-state index < -0.39 is 0 Å². The average Bonchev–Trinajstić information content (AvgIpc) is 2.67. The van der Waals surface area contributed by atoms with Gasteiger partial charge in [-0.2, -0.15) is 0 Å². The van der Waals surface area contributed by atoms with Crippen molar-refractivity contribution in [1.29, 1.82) is 0 Å². The van der Waals surface area contributed by atoms with Crippen LogP contribution in [0.2, 0.25) is 0 Å². The number of hydrogen-bond acceptors (Lipinski definition) is 4. The summed E-state index contributed by atoms with van der Waals surface area (Å²) in [7, 11) is 0. The highest BCUT2D eigenvalue weighted by atomic mass is 16.3. The zero-order chi connectivity index (χ0) is 19.7. The summed E-state index contributed by atoms with van der Waals surface area (Å²) in [4.78, 5) is 22.4. The minimum atomic E-state index is 0.0161. The van der Waals surface area contributed by atoms with Crippen molar-refractivity contribution in [3.8, 4) is 17.0 Å². The second kappa shape index (κ2) is 7.90. The Morgan fingerprint density at radius 3 is 2.71 bits per heavy atom. The fraction of sp³-hybridized carbons (Fsp3) is 0.522. The lowest BCUT2D eigenvalue weighted by Gasteiger charge is -2.26. The summed E-state index contributed by atoms with van der Waals surface area (Å²) in [5.41, 5.74) is 4.98. The van der Waals surface area contributed by atoms with Crippen LogP contribution < -0.4 is 5.32 Å². The molecule has 5 nitrogen and oxygen atoms in total. The topological polar surface area (TPSA) is 75.1 Å². The van der Waals surface area contributed by atoms with Crippen LogP contribution in [0, 0.1) is 5.92 Å². The summed E-state index contributed by atoms with van der Waals surface area (Å²) in [5, 5.41) is 12.9. The molecule has 2 N–H and O–H groups in total. The summed E-state index contributed by atoms with van der Waals surface area (Å²) in [6, 6.07) is 5.49. The van der Waals surface area contributed by atoms with E-state index in [-0.39, 0.29) is 5.91 Å². The molecule has 28 heavy (non-hydrogen) atoms. The normalized spacial score (nSPS) is 16.5. The van der Waals surface area contributed by atoms with E-state index in [0.717, 1.165) is 53.9 Å². The summed E-state index contributed by atoms with van der Waals surface area (Å²) in [6.45, 7) is 4.10. The molecule has 0 aliphatic heterocycles. The van der Waals surface area contributed by atoms with Gasteiger partial charge in [-0.25, -0.2) is 9.97 Å². The molecule has 1 amide bonds. The van der Waals surface area contributed by atoms with Gasteiger partial charge in [0.05, 0.1) is 17.1 Å². The molecule has 1 aromatic heterocycles. The van der Waals surface area contributed by atoms with Crippen molar-refractivity contribution >= 4 is 11.7 Å². The number of aromatic nitrogens is 2. The van der Waals surface area contributed by atoms with Gasteiger partial charge < -0.3 is 10.4 Å². The van der Waals surface area contributed by atoms with Crippen LogP contribution in [0.4, 0.5) is 5.82 Å². The molecule has 2 aromatic rings.